The number of aryl methyl sites for hydroxylation is 1. The maximum Gasteiger partial charge on any atom is 0.140 e. The second kappa shape index (κ2) is 5.97. The summed E-state index contributed by atoms with van der Waals surface area (Å²) in [6.07, 6.45) is 4.34. The number of hydrogen-bond donors (Lipinski definition) is 1. The molecule has 2 atom stereocenters. The Hall–Kier alpha value is -1.72. The molecule has 4 rings (SSSR count). The number of anilines is 1. The van der Waals surface area contributed by atoms with Gasteiger partial charge in [0.1, 0.15) is 12.1 Å². The minimum absolute atomic E-state index is 0.0512. The fourth-order valence-corrected chi connectivity index (χ4v) is 4.45. The number of fused-ring (bicyclic) bond motifs is 1. The Morgan fingerprint density at radius 2 is 2.08 bits per heavy atom. The van der Waals surface area contributed by atoms with Crippen molar-refractivity contribution in [2.24, 2.45) is 5.41 Å². The van der Waals surface area contributed by atoms with Crippen LogP contribution < -0.4 is 4.90 Å². The topological polar surface area (TPSA) is 58.5 Å². The number of aliphatic hydroxyl groups excluding tert-OH is 1. The summed E-state index contributed by atoms with van der Waals surface area (Å²) in [5.41, 5.74) is 2.15. The van der Waals surface area contributed by atoms with Crippen molar-refractivity contribution < 1.29 is 9.84 Å². The minimum Gasteiger partial charge on any atom is -0.392 e. The summed E-state index contributed by atoms with van der Waals surface area (Å²) in [5.74, 6) is 1.02. The number of aromatic nitrogens is 2. The lowest BCUT2D eigenvalue weighted by molar-refractivity contribution is -0.199. The first-order valence-electron chi connectivity index (χ1n) is 8.90. The lowest BCUT2D eigenvalue weighted by atomic mass is 9.58. The van der Waals surface area contributed by atoms with E-state index in [0.717, 1.165) is 55.7 Å². The highest BCUT2D eigenvalue weighted by Gasteiger charge is 2.56. The number of piperidine rings is 1. The summed E-state index contributed by atoms with van der Waals surface area (Å²) in [6, 6.07) is 6.19. The van der Waals surface area contributed by atoms with Gasteiger partial charge in [-0.05, 0) is 38.3 Å². The van der Waals surface area contributed by atoms with Gasteiger partial charge in [-0.25, -0.2) is 9.97 Å². The molecule has 128 valence electrons. The van der Waals surface area contributed by atoms with E-state index in [1.165, 1.54) is 5.56 Å². The summed E-state index contributed by atoms with van der Waals surface area (Å²) in [6.45, 7) is 6.67. The molecule has 2 aromatic rings. The molecule has 0 unspecified atom stereocenters. The van der Waals surface area contributed by atoms with Crippen LogP contribution >= 0.6 is 0 Å². The maximum absolute atomic E-state index is 10.4. The molecule has 0 bridgehead atoms. The maximum atomic E-state index is 10.4. The molecule has 1 N–H and O–H groups in total. The third-order valence-electron chi connectivity index (χ3n) is 5.96. The van der Waals surface area contributed by atoms with Crippen molar-refractivity contribution in [2.75, 3.05) is 24.6 Å². The predicted molar refractivity (Wildman–Crippen MR) is 94.2 cm³/mol. The first-order chi connectivity index (χ1) is 11.7. The Kier molecular flexibility index (Phi) is 3.93. The van der Waals surface area contributed by atoms with Crippen LogP contribution in [0, 0.1) is 12.3 Å². The van der Waals surface area contributed by atoms with E-state index in [1.54, 1.807) is 6.33 Å². The number of hydrogen-bond acceptors (Lipinski definition) is 5. The summed E-state index contributed by atoms with van der Waals surface area (Å²) in [5, 5.41) is 11.5. The van der Waals surface area contributed by atoms with Crippen molar-refractivity contribution in [3.63, 3.8) is 0 Å². The standard InChI is InChI=1S/C19H25N3O2/c1-3-24-16-11-15(23)19(16)7-9-22(10-8-19)18-17-13(2)5-4-6-14(17)20-12-21-18/h4-6,12,15-16,23H,3,7-11H2,1-2H3/t15-,16+/m0/s1. The van der Waals surface area contributed by atoms with Gasteiger partial charge in [0.25, 0.3) is 0 Å². The van der Waals surface area contributed by atoms with Gasteiger partial charge in [-0.15, -0.1) is 0 Å². The first-order valence-corrected chi connectivity index (χ1v) is 8.90. The van der Waals surface area contributed by atoms with E-state index in [-0.39, 0.29) is 17.6 Å². The highest BCUT2D eigenvalue weighted by molar-refractivity contribution is 5.92. The molecule has 5 nitrogen and oxygen atoms in total. The van der Waals surface area contributed by atoms with Crippen LogP contribution in [0.25, 0.3) is 10.9 Å². The Morgan fingerprint density at radius 3 is 2.79 bits per heavy atom. The summed E-state index contributed by atoms with van der Waals surface area (Å²) in [7, 11) is 0. The van der Waals surface area contributed by atoms with E-state index in [1.807, 2.05) is 19.1 Å². The molecule has 5 heteroatoms. The lowest BCUT2D eigenvalue weighted by Gasteiger charge is -2.56. The van der Waals surface area contributed by atoms with E-state index in [2.05, 4.69) is 27.9 Å². The normalized spacial score (nSPS) is 25.9. The molecule has 0 radical (unpaired) electrons. The molecule has 2 fully saturated rings. The van der Waals surface area contributed by atoms with Crippen LogP contribution in [0.15, 0.2) is 24.5 Å². The molecule has 1 spiro atoms. The predicted octanol–water partition coefficient (Wildman–Crippen LogP) is 2.69. The minimum atomic E-state index is -0.222. The number of ether oxygens (including phenoxy) is 1. The second-order valence-corrected chi connectivity index (χ2v) is 7.08. The van der Waals surface area contributed by atoms with Crippen LogP contribution in [0.3, 0.4) is 0 Å². The van der Waals surface area contributed by atoms with Gasteiger partial charge < -0.3 is 14.7 Å². The molecule has 24 heavy (non-hydrogen) atoms. The summed E-state index contributed by atoms with van der Waals surface area (Å²) in [4.78, 5) is 11.3. The van der Waals surface area contributed by atoms with Gasteiger partial charge in [0, 0.05) is 36.9 Å². The van der Waals surface area contributed by atoms with Crippen molar-refractivity contribution in [1.82, 2.24) is 9.97 Å². The van der Waals surface area contributed by atoms with Crippen LogP contribution in [0.5, 0.6) is 0 Å². The van der Waals surface area contributed by atoms with Crippen LogP contribution in [-0.2, 0) is 4.74 Å². The Balaban J connectivity index is 1.59. The van der Waals surface area contributed by atoms with Crippen LogP contribution in [0.1, 0.15) is 31.7 Å². The number of benzene rings is 1. The zero-order valence-corrected chi connectivity index (χ0v) is 14.4. The molecule has 1 aromatic carbocycles. The third-order valence-corrected chi connectivity index (χ3v) is 5.96. The van der Waals surface area contributed by atoms with E-state index >= 15 is 0 Å². The van der Waals surface area contributed by atoms with Gasteiger partial charge in [-0.3, -0.25) is 0 Å². The summed E-state index contributed by atoms with van der Waals surface area (Å²) < 4.78 is 5.87. The molecule has 1 aliphatic carbocycles. The zero-order chi connectivity index (χ0) is 16.7. The molecule has 0 amide bonds. The quantitative estimate of drug-likeness (QED) is 0.939. The fraction of sp³-hybridized carbons (Fsp3) is 0.579. The first kappa shape index (κ1) is 15.8. The molecular weight excluding hydrogens is 302 g/mol. The second-order valence-electron chi connectivity index (χ2n) is 7.08. The van der Waals surface area contributed by atoms with Gasteiger partial charge in [0.05, 0.1) is 17.7 Å². The molecule has 1 saturated heterocycles. The van der Waals surface area contributed by atoms with Crippen molar-refractivity contribution >= 4 is 16.7 Å². The molecular formula is C19H25N3O2. The van der Waals surface area contributed by atoms with E-state index in [4.69, 9.17) is 4.74 Å². The molecule has 2 heterocycles. The van der Waals surface area contributed by atoms with Gasteiger partial charge in [0.15, 0.2) is 0 Å². The van der Waals surface area contributed by atoms with Gasteiger partial charge in [-0.2, -0.15) is 0 Å². The van der Waals surface area contributed by atoms with Gasteiger partial charge >= 0.3 is 0 Å². The average Bonchev–Trinajstić information content (AvgIpc) is 2.61. The Labute approximate surface area is 142 Å². The number of nitrogens with zero attached hydrogens (tertiary/aromatic N) is 3. The Bertz CT molecular complexity index is 733. The molecule has 2 aliphatic rings. The van der Waals surface area contributed by atoms with Crippen molar-refractivity contribution in [1.29, 1.82) is 0 Å². The van der Waals surface area contributed by atoms with Crippen molar-refractivity contribution in [3.05, 3.63) is 30.1 Å². The largest absolute Gasteiger partial charge is 0.392 e. The zero-order valence-electron chi connectivity index (χ0n) is 14.4. The molecule has 1 aliphatic heterocycles. The van der Waals surface area contributed by atoms with Crippen LogP contribution in [-0.4, -0.2) is 47.0 Å². The smallest absolute Gasteiger partial charge is 0.140 e. The highest BCUT2D eigenvalue weighted by atomic mass is 16.5. The van der Waals surface area contributed by atoms with Crippen LogP contribution in [0.2, 0.25) is 0 Å². The fourth-order valence-electron chi connectivity index (χ4n) is 4.45. The van der Waals surface area contributed by atoms with Gasteiger partial charge in [-0.1, -0.05) is 12.1 Å². The average molecular weight is 327 g/mol. The highest BCUT2D eigenvalue weighted by Crippen LogP contribution is 2.51. The lowest BCUT2D eigenvalue weighted by Crippen LogP contribution is -2.62. The number of rotatable bonds is 3. The van der Waals surface area contributed by atoms with E-state index in [0.29, 0.717) is 0 Å². The van der Waals surface area contributed by atoms with E-state index < -0.39 is 0 Å². The summed E-state index contributed by atoms with van der Waals surface area (Å²) >= 11 is 0. The van der Waals surface area contributed by atoms with Gasteiger partial charge in [0.2, 0.25) is 0 Å². The Morgan fingerprint density at radius 1 is 1.29 bits per heavy atom. The monoisotopic (exact) mass is 327 g/mol. The SMILES string of the molecule is CCO[C@@H]1C[C@H](O)C12CCN(c1ncnc3cccc(C)c13)CC2. The van der Waals surface area contributed by atoms with Crippen molar-refractivity contribution in [2.45, 2.75) is 45.3 Å². The van der Waals surface area contributed by atoms with E-state index in [9.17, 15) is 5.11 Å². The molecule has 1 saturated carbocycles. The third kappa shape index (κ3) is 2.30. The van der Waals surface area contributed by atoms with Crippen LogP contribution in [0.4, 0.5) is 5.82 Å². The number of aliphatic hydroxyl groups is 1. The molecule has 1 aromatic heterocycles. The van der Waals surface area contributed by atoms with Crippen molar-refractivity contribution in [3.8, 4) is 0 Å².